The number of hydrogen-bond acceptors (Lipinski definition) is 6. The molecule has 1 atom stereocenters. The predicted octanol–water partition coefficient (Wildman–Crippen LogP) is 5.18. The lowest BCUT2D eigenvalue weighted by molar-refractivity contribution is 0.114. The van der Waals surface area contributed by atoms with Crippen molar-refractivity contribution in [3.05, 3.63) is 75.7 Å². The van der Waals surface area contributed by atoms with Crippen LogP contribution in [0.2, 0.25) is 0 Å². The molecule has 1 fully saturated rings. The van der Waals surface area contributed by atoms with Crippen molar-refractivity contribution in [3.8, 4) is 0 Å². The summed E-state index contributed by atoms with van der Waals surface area (Å²) in [6.07, 6.45) is 7.26. The molecule has 0 aliphatic heterocycles. The minimum atomic E-state index is -0.0761. The Bertz CT molecular complexity index is 1320. The Labute approximate surface area is 205 Å². The number of furan rings is 1. The van der Waals surface area contributed by atoms with Crippen molar-refractivity contribution in [2.45, 2.75) is 78.0 Å². The largest absolute Gasteiger partial charge is 0.468 e. The van der Waals surface area contributed by atoms with E-state index < -0.39 is 0 Å². The molecule has 1 N–H and O–H groups in total. The van der Waals surface area contributed by atoms with E-state index >= 15 is 0 Å². The van der Waals surface area contributed by atoms with Gasteiger partial charge in [-0.1, -0.05) is 39.7 Å². The lowest BCUT2D eigenvalue weighted by Gasteiger charge is -2.33. The highest BCUT2D eigenvalue weighted by Gasteiger charge is 2.33. The van der Waals surface area contributed by atoms with Gasteiger partial charge in [0.1, 0.15) is 5.76 Å². The van der Waals surface area contributed by atoms with Gasteiger partial charge in [-0.05, 0) is 76.9 Å². The normalized spacial score (nSPS) is 15.6. The average molecular weight is 475 g/mol. The first-order chi connectivity index (χ1) is 17.0. The van der Waals surface area contributed by atoms with Crippen molar-refractivity contribution < 1.29 is 4.42 Å². The number of aromatic amines is 1. The lowest BCUT2D eigenvalue weighted by atomic mass is 9.99. The van der Waals surface area contributed by atoms with Crippen LogP contribution in [0.3, 0.4) is 0 Å². The quantitative estimate of drug-likeness (QED) is 0.359. The maximum Gasteiger partial charge on any atom is 0.252 e. The highest BCUT2D eigenvalue weighted by Crippen LogP contribution is 2.35. The summed E-state index contributed by atoms with van der Waals surface area (Å²) < 4.78 is 7.76. The Balaban J connectivity index is 1.55. The molecule has 35 heavy (non-hydrogen) atoms. The van der Waals surface area contributed by atoms with E-state index in [9.17, 15) is 4.79 Å². The predicted molar refractivity (Wildman–Crippen MR) is 135 cm³/mol. The molecule has 0 saturated heterocycles. The smallest absolute Gasteiger partial charge is 0.252 e. The molecule has 8 nitrogen and oxygen atoms in total. The number of tetrazole rings is 1. The molecule has 4 aromatic rings. The van der Waals surface area contributed by atoms with Crippen LogP contribution in [-0.4, -0.2) is 30.1 Å². The summed E-state index contributed by atoms with van der Waals surface area (Å²) >= 11 is 0. The van der Waals surface area contributed by atoms with Crippen LogP contribution in [0.15, 0.2) is 51.9 Å². The fraction of sp³-hybridized carbons (Fsp3) is 0.481. The monoisotopic (exact) mass is 474 g/mol. The number of aromatic nitrogens is 5. The number of aryl methyl sites for hydroxylation is 1. The van der Waals surface area contributed by atoms with Gasteiger partial charge in [-0.2, -0.15) is 0 Å². The molecule has 0 radical (unpaired) electrons. The number of H-pyrrole nitrogens is 1. The summed E-state index contributed by atoms with van der Waals surface area (Å²) in [5.74, 6) is 1.94. The molecule has 1 unspecified atom stereocenters. The molecule has 0 bridgehead atoms. The highest BCUT2D eigenvalue weighted by molar-refractivity contribution is 5.79. The fourth-order valence-electron chi connectivity index (χ4n) is 5.40. The molecular formula is C27H34N6O2. The maximum absolute atomic E-state index is 13.1. The van der Waals surface area contributed by atoms with E-state index in [1.807, 2.05) is 28.9 Å². The van der Waals surface area contributed by atoms with Gasteiger partial charge < -0.3 is 9.40 Å². The van der Waals surface area contributed by atoms with Gasteiger partial charge in [0, 0.05) is 17.6 Å². The molecule has 3 heterocycles. The van der Waals surface area contributed by atoms with Gasteiger partial charge in [0.05, 0.1) is 24.9 Å². The van der Waals surface area contributed by atoms with E-state index in [4.69, 9.17) is 4.42 Å². The highest BCUT2D eigenvalue weighted by atomic mass is 16.3. The minimum Gasteiger partial charge on any atom is -0.468 e. The Morgan fingerprint density at radius 1 is 1.17 bits per heavy atom. The second kappa shape index (κ2) is 10.2. The molecule has 1 aliphatic rings. The van der Waals surface area contributed by atoms with Crippen LogP contribution in [0.25, 0.3) is 10.9 Å². The lowest BCUT2D eigenvalue weighted by Crippen LogP contribution is -2.35. The maximum atomic E-state index is 13.1. The second-order valence-corrected chi connectivity index (χ2v) is 9.99. The van der Waals surface area contributed by atoms with Crippen LogP contribution >= 0.6 is 0 Å². The van der Waals surface area contributed by atoms with E-state index in [1.54, 1.807) is 6.26 Å². The number of rotatable bonds is 9. The SMILES string of the molecule is CCc1ccc2[nH]c(=O)c(CN(Cc3ccco3)C(c3nnnn3C3CCCC3)C(C)C)cc2c1. The number of pyridine rings is 1. The van der Waals surface area contributed by atoms with Gasteiger partial charge in [0.25, 0.3) is 5.56 Å². The Kier molecular flexibility index (Phi) is 6.81. The van der Waals surface area contributed by atoms with Gasteiger partial charge >= 0.3 is 0 Å². The van der Waals surface area contributed by atoms with Crippen LogP contribution in [0.1, 0.15) is 81.2 Å². The zero-order valence-corrected chi connectivity index (χ0v) is 20.8. The van der Waals surface area contributed by atoms with Crippen molar-refractivity contribution in [3.63, 3.8) is 0 Å². The van der Waals surface area contributed by atoms with E-state index in [2.05, 4.69) is 58.3 Å². The minimum absolute atomic E-state index is 0.0657. The van der Waals surface area contributed by atoms with Crippen molar-refractivity contribution in [1.82, 2.24) is 30.1 Å². The molecule has 5 rings (SSSR count). The van der Waals surface area contributed by atoms with E-state index in [-0.39, 0.29) is 17.5 Å². The molecule has 8 heteroatoms. The van der Waals surface area contributed by atoms with Gasteiger partial charge in [0.2, 0.25) is 0 Å². The zero-order chi connectivity index (χ0) is 24.4. The van der Waals surface area contributed by atoms with E-state index in [0.29, 0.717) is 19.1 Å². The third-order valence-corrected chi connectivity index (χ3v) is 7.18. The van der Waals surface area contributed by atoms with Crippen LogP contribution in [0, 0.1) is 5.92 Å². The van der Waals surface area contributed by atoms with Crippen molar-refractivity contribution >= 4 is 10.9 Å². The van der Waals surface area contributed by atoms with Crippen LogP contribution in [0.4, 0.5) is 0 Å². The second-order valence-electron chi connectivity index (χ2n) is 9.99. The van der Waals surface area contributed by atoms with Crippen molar-refractivity contribution in [1.29, 1.82) is 0 Å². The Morgan fingerprint density at radius 3 is 2.71 bits per heavy atom. The summed E-state index contributed by atoms with van der Waals surface area (Å²) in [4.78, 5) is 18.5. The standard InChI is InChI=1S/C27H34N6O2/c1-4-19-11-12-24-20(14-19)15-21(27(34)28-24)16-32(17-23-10-7-13-35-23)25(18(2)3)26-29-30-31-33(26)22-8-5-6-9-22/h7,10-15,18,22,25H,4-6,8-9,16-17H2,1-3H3,(H,28,34). The Morgan fingerprint density at radius 2 is 2.00 bits per heavy atom. The van der Waals surface area contributed by atoms with Gasteiger partial charge in [-0.25, -0.2) is 4.68 Å². The molecule has 1 aliphatic carbocycles. The first-order valence-corrected chi connectivity index (χ1v) is 12.7. The van der Waals surface area contributed by atoms with Crippen LogP contribution in [-0.2, 0) is 19.5 Å². The Hall–Kier alpha value is -3.26. The number of fused-ring (bicyclic) bond motifs is 1. The summed E-state index contributed by atoms with van der Waals surface area (Å²) in [5, 5.41) is 14.0. The summed E-state index contributed by atoms with van der Waals surface area (Å²) in [5.41, 5.74) is 2.77. The number of hydrogen-bond donors (Lipinski definition) is 1. The zero-order valence-electron chi connectivity index (χ0n) is 20.8. The number of benzene rings is 1. The van der Waals surface area contributed by atoms with Gasteiger partial charge in [-0.15, -0.1) is 5.10 Å². The number of nitrogens with zero attached hydrogens (tertiary/aromatic N) is 5. The van der Waals surface area contributed by atoms with Crippen LogP contribution < -0.4 is 5.56 Å². The molecule has 184 valence electrons. The van der Waals surface area contributed by atoms with Gasteiger partial charge in [0.15, 0.2) is 5.82 Å². The first kappa shape index (κ1) is 23.5. The average Bonchev–Trinajstić information content (AvgIpc) is 3.62. The van der Waals surface area contributed by atoms with E-state index in [1.165, 1.54) is 18.4 Å². The van der Waals surface area contributed by atoms with Gasteiger partial charge in [-0.3, -0.25) is 9.69 Å². The molecule has 3 aromatic heterocycles. The molecule has 0 spiro atoms. The third kappa shape index (κ3) is 4.93. The van der Waals surface area contributed by atoms with Crippen molar-refractivity contribution in [2.24, 2.45) is 5.92 Å². The van der Waals surface area contributed by atoms with Crippen molar-refractivity contribution in [2.75, 3.05) is 0 Å². The first-order valence-electron chi connectivity index (χ1n) is 12.7. The van der Waals surface area contributed by atoms with Crippen LogP contribution in [0.5, 0.6) is 0 Å². The summed E-state index contributed by atoms with van der Waals surface area (Å²) in [7, 11) is 0. The molecule has 0 amide bonds. The molecule has 1 saturated carbocycles. The number of nitrogens with one attached hydrogen (secondary N) is 1. The summed E-state index contributed by atoms with van der Waals surface area (Å²) in [6, 6.07) is 12.4. The van der Waals surface area contributed by atoms with E-state index in [0.717, 1.165) is 47.3 Å². The summed E-state index contributed by atoms with van der Waals surface area (Å²) in [6.45, 7) is 7.53. The topological polar surface area (TPSA) is 92.8 Å². The third-order valence-electron chi connectivity index (χ3n) is 7.18. The molecular weight excluding hydrogens is 440 g/mol. The molecule has 1 aromatic carbocycles. The fourth-order valence-corrected chi connectivity index (χ4v) is 5.40.